The Morgan fingerprint density at radius 3 is 2.47 bits per heavy atom. The highest BCUT2D eigenvalue weighted by atomic mass is 16.2. The van der Waals surface area contributed by atoms with Crippen LogP contribution in [0.1, 0.15) is 30.9 Å². The van der Waals surface area contributed by atoms with E-state index in [1.54, 1.807) is 0 Å². The van der Waals surface area contributed by atoms with E-state index in [1.807, 2.05) is 11.8 Å². The van der Waals surface area contributed by atoms with Gasteiger partial charge in [0.1, 0.15) is 0 Å². The molecule has 1 aliphatic carbocycles. The van der Waals surface area contributed by atoms with Crippen LogP contribution < -0.4 is 10.2 Å². The molecule has 1 amide bonds. The molecule has 1 aromatic rings. The number of aryl methyl sites for hydroxylation is 2. The standard InChI is InChI=1S/C16H22N2O/c1-11-5-4-6-12(2)14(11)18-10-16(7-8-16)9-17-13(3)15(18)19/h4-6,13,17H,7-10H2,1-3H3. The van der Waals surface area contributed by atoms with Gasteiger partial charge in [-0.05, 0) is 44.7 Å². The first-order chi connectivity index (χ1) is 9.02. The molecule has 1 saturated heterocycles. The zero-order valence-electron chi connectivity index (χ0n) is 12.0. The molecule has 102 valence electrons. The third-order valence-electron chi connectivity index (χ3n) is 4.58. The molecule has 1 aromatic carbocycles. The van der Waals surface area contributed by atoms with Crippen LogP contribution in [0, 0.1) is 19.3 Å². The lowest BCUT2D eigenvalue weighted by atomic mass is 10.0. The van der Waals surface area contributed by atoms with Gasteiger partial charge in [-0.1, -0.05) is 18.2 Å². The summed E-state index contributed by atoms with van der Waals surface area (Å²) >= 11 is 0. The molecule has 1 saturated carbocycles. The van der Waals surface area contributed by atoms with Crippen LogP contribution in [-0.4, -0.2) is 25.0 Å². The molecule has 0 bridgehead atoms. The Morgan fingerprint density at radius 1 is 1.26 bits per heavy atom. The summed E-state index contributed by atoms with van der Waals surface area (Å²) in [5.41, 5.74) is 3.83. The van der Waals surface area contributed by atoms with Crippen molar-refractivity contribution in [1.82, 2.24) is 5.32 Å². The predicted molar refractivity (Wildman–Crippen MR) is 77.4 cm³/mol. The Bertz CT molecular complexity index is 499. The fourth-order valence-corrected chi connectivity index (χ4v) is 3.09. The number of amides is 1. The van der Waals surface area contributed by atoms with Gasteiger partial charge in [0.15, 0.2) is 0 Å². The Hall–Kier alpha value is -1.35. The minimum Gasteiger partial charge on any atom is -0.310 e. The molecule has 1 aliphatic heterocycles. The van der Waals surface area contributed by atoms with E-state index >= 15 is 0 Å². The molecule has 0 aromatic heterocycles. The minimum absolute atomic E-state index is 0.0843. The summed E-state index contributed by atoms with van der Waals surface area (Å²) in [6, 6.07) is 6.17. The van der Waals surface area contributed by atoms with Gasteiger partial charge in [-0.3, -0.25) is 4.79 Å². The average molecular weight is 258 g/mol. The number of carbonyl (C=O) groups is 1. The van der Waals surface area contributed by atoms with E-state index < -0.39 is 0 Å². The molecule has 2 fully saturated rings. The van der Waals surface area contributed by atoms with Gasteiger partial charge < -0.3 is 10.2 Å². The second kappa shape index (κ2) is 4.34. The highest BCUT2D eigenvalue weighted by Crippen LogP contribution is 2.47. The molecule has 1 N–H and O–H groups in total. The highest BCUT2D eigenvalue weighted by molar-refractivity contribution is 5.98. The summed E-state index contributed by atoms with van der Waals surface area (Å²) in [7, 11) is 0. The summed E-state index contributed by atoms with van der Waals surface area (Å²) in [6.07, 6.45) is 2.48. The molecule has 1 unspecified atom stereocenters. The molecular weight excluding hydrogens is 236 g/mol. The summed E-state index contributed by atoms with van der Waals surface area (Å²) in [5.74, 6) is 0.209. The number of hydrogen-bond acceptors (Lipinski definition) is 2. The van der Waals surface area contributed by atoms with Gasteiger partial charge in [0, 0.05) is 24.2 Å². The largest absolute Gasteiger partial charge is 0.310 e. The van der Waals surface area contributed by atoms with E-state index in [1.165, 1.54) is 24.0 Å². The van der Waals surface area contributed by atoms with Crippen LogP contribution in [-0.2, 0) is 4.79 Å². The second-order valence-electron chi connectivity index (χ2n) is 6.27. The Labute approximate surface area is 115 Å². The molecule has 0 radical (unpaired) electrons. The third kappa shape index (κ3) is 2.16. The van der Waals surface area contributed by atoms with Crippen LogP contribution in [0.25, 0.3) is 0 Å². The molecule has 1 spiro atoms. The molecular formula is C16H22N2O. The molecule has 2 aliphatic rings. The van der Waals surface area contributed by atoms with Crippen LogP contribution in [0.5, 0.6) is 0 Å². The molecule has 3 nitrogen and oxygen atoms in total. The zero-order valence-corrected chi connectivity index (χ0v) is 12.0. The van der Waals surface area contributed by atoms with E-state index in [0.717, 1.165) is 18.8 Å². The molecule has 19 heavy (non-hydrogen) atoms. The first kappa shape index (κ1) is 12.7. The summed E-state index contributed by atoms with van der Waals surface area (Å²) in [4.78, 5) is 14.7. The number of para-hydroxylation sites is 1. The van der Waals surface area contributed by atoms with Crippen LogP contribution in [0.3, 0.4) is 0 Å². The second-order valence-corrected chi connectivity index (χ2v) is 6.27. The number of anilines is 1. The number of nitrogens with one attached hydrogen (secondary N) is 1. The fraction of sp³-hybridized carbons (Fsp3) is 0.562. The number of benzene rings is 1. The Morgan fingerprint density at radius 2 is 1.89 bits per heavy atom. The maximum Gasteiger partial charge on any atom is 0.243 e. The van der Waals surface area contributed by atoms with Gasteiger partial charge in [-0.15, -0.1) is 0 Å². The lowest BCUT2D eigenvalue weighted by molar-refractivity contribution is -0.119. The number of hydrogen-bond donors (Lipinski definition) is 1. The van der Waals surface area contributed by atoms with Gasteiger partial charge in [-0.25, -0.2) is 0 Å². The first-order valence-corrected chi connectivity index (χ1v) is 7.13. The topological polar surface area (TPSA) is 32.3 Å². The van der Waals surface area contributed by atoms with E-state index in [9.17, 15) is 4.79 Å². The van der Waals surface area contributed by atoms with E-state index in [4.69, 9.17) is 0 Å². The summed E-state index contributed by atoms with van der Waals surface area (Å²) < 4.78 is 0. The molecule has 1 heterocycles. The quantitative estimate of drug-likeness (QED) is 0.839. The third-order valence-corrected chi connectivity index (χ3v) is 4.58. The van der Waals surface area contributed by atoms with Crippen molar-refractivity contribution in [3.05, 3.63) is 29.3 Å². The van der Waals surface area contributed by atoms with Gasteiger partial charge in [0.05, 0.1) is 6.04 Å². The van der Waals surface area contributed by atoms with E-state index in [0.29, 0.717) is 5.41 Å². The Kier molecular flexibility index (Phi) is 2.90. The van der Waals surface area contributed by atoms with E-state index in [-0.39, 0.29) is 11.9 Å². The van der Waals surface area contributed by atoms with E-state index in [2.05, 4.69) is 37.4 Å². The van der Waals surface area contributed by atoms with Crippen molar-refractivity contribution in [2.75, 3.05) is 18.0 Å². The SMILES string of the molecule is Cc1cccc(C)c1N1CC2(CC2)CNC(C)C1=O. The van der Waals surface area contributed by atoms with Crippen molar-refractivity contribution in [3.8, 4) is 0 Å². The van der Waals surface area contributed by atoms with Crippen LogP contribution in [0.2, 0.25) is 0 Å². The average Bonchev–Trinajstić information content (AvgIpc) is 3.14. The first-order valence-electron chi connectivity index (χ1n) is 7.13. The molecule has 3 rings (SSSR count). The molecule has 1 atom stereocenters. The zero-order chi connectivity index (χ0) is 13.6. The summed E-state index contributed by atoms with van der Waals surface area (Å²) in [6.45, 7) is 8.01. The van der Waals surface area contributed by atoms with Crippen molar-refractivity contribution in [2.45, 2.75) is 39.7 Å². The maximum absolute atomic E-state index is 12.6. The normalized spacial score (nSPS) is 25.5. The monoisotopic (exact) mass is 258 g/mol. The number of carbonyl (C=O) groups excluding carboxylic acids is 1. The van der Waals surface area contributed by atoms with Gasteiger partial charge in [0.2, 0.25) is 5.91 Å². The Balaban J connectivity index is 2.03. The van der Waals surface area contributed by atoms with Crippen LogP contribution >= 0.6 is 0 Å². The lowest BCUT2D eigenvalue weighted by Crippen LogP contribution is -2.42. The van der Waals surface area contributed by atoms with Crippen molar-refractivity contribution in [1.29, 1.82) is 0 Å². The maximum atomic E-state index is 12.6. The van der Waals surface area contributed by atoms with Crippen LogP contribution in [0.15, 0.2) is 18.2 Å². The van der Waals surface area contributed by atoms with Crippen LogP contribution in [0.4, 0.5) is 5.69 Å². The minimum atomic E-state index is -0.0843. The summed E-state index contributed by atoms with van der Waals surface area (Å²) in [5, 5.41) is 3.39. The molecule has 3 heteroatoms. The predicted octanol–water partition coefficient (Wildman–Crippen LogP) is 2.41. The van der Waals surface area contributed by atoms with Crippen molar-refractivity contribution in [3.63, 3.8) is 0 Å². The van der Waals surface area contributed by atoms with Crippen molar-refractivity contribution < 1.29 is 4.79 Å². The highest BCUT2D eigenvalue weighted by Gasteiger charge is 2.47. The lowest BCUT2D eigenvalue weighted by Gasteiger charge is -2.28. The van der Waals surface area contributed by atoms with Gasteiger partial charge in [0.25, 0.3) is 0 Å². The fourth-order valence-electron chi connectivity index (χ4n) is 3.09. The smallest absolute Gasteiger partial charge is 0.243 e. The van der Waals surface area contributed by atoms with Gasteiger partial charge >= 0.3 is 0 Å². The van der Waals surface area contributed by atoms with Crippen molar-refractivity contribution in [2.24, 2.45) is 5.41 Å². The number of rotatable bonds is 1. The number of nitrogens with zero attached hydrogens (tertiary/aromatic N) is 1. The van der Waals surface area contributed by atoms with Crippen molar-refractivity contribution >= 4 is 11.6 Å². The van der Waals surface area contributed by atoms with Gasteiger partial charge in [-0.2, -0.15) is 0 Å².